The Kier molecular flexibility index (Phi) is 4.62. The Labute approximate surface area is 123 Å². The maximum Gasteiger partial charge on any atom is 0.276 e. The molecule has 7 heteroatoms. The van der Waals surface area contributed by atoms with Gasteiger partial charge in [-0.25, -0.2) is 4.98 Å². The molecule has 0 amide bonds. The molecule has 1 aromatic heterocycles. The summed E-state index contributed by atoms with van der Waals surface area (Å²) >= 11 is 0. The molecule has 7 nitrogen and oxygen atoms in total. The van der Waals surface area contributed by atoms with E-state index in [0.717, 1.165) is 25.7 Å². The smallest absolute Gasteiger partial charge is 0.276 e. The van der Waals surface area contributed by atoms with Gasteiger partial charge in [0, 0.05) is 7.05 Å². The van der Waals surface area contributed by atoms with Crippen LogP contribution in [0, 0.1) is 16.0 Å². The van der Waals surface area contributed by atoms with Gasteiger partial charge < -0.3 is 15.7 Å². The van der Waals surface area contributed by atoms with Crippen LogP contribution in [0.5, 0.6) is 0 Å². The van der Waals surface area contributed by atoms with Crippen LogP contribution in [0.25, 0.3) is 0 Å². The molecule has 3 N–H and O–H groups in total. The Morgan fingerprint density at radius 3 is 2.81 bits per heavy atom. The number of aromatic nitrogens is 1. The number of hydrogen-bond donors (Lipinski definition) is 3. The Morgan fingerprint density at radius 2 is 2.24 bits per heavy atom. The second-order valence-electron chi connectivity index (χ2n) is 5.87. The highest BCUT2D eigenvalue weighted by Gasteiger charge is 2.35. The van der Waals surface area contributed by atoms with Gasteiger partial charge in [0.05, 0.1) is 29.2 Å². The number of nitrogens with zero attached hydrogens (tertiary/aromatic N) is 2. The van der Waals surface area contributed by atoms with Gasteiger partial charge in [-0.15, -0.1) is 0 Å². The van der Waals surface area contributed by atoms with Crippen LogP contribution in [-0.2, 0) is 0 Å². The number of rotatable bonds is 5. The summed E-state index contributed by atoms with van der Waals surface area (Å²) in [6, 6.07) is 2.80. The summed E-state index contributed by atoms with van der Waals surface area (Å²) in [6.07, 6.45) is 3.85. The minimum absolute atomic E-state index is 0.00337. The molecule has 116 valence electrons. The van der Waals surface area contributed by atoms with Crippen LogP contribution in [0.2, 0.25) is 0 Å². The molecule has 0 radical (unpaired) electrons. The number of aliphatic hydroxyl groups is 1. The Balaban J connectivity index is 2.28. The second-order valence-corrected chi connectivity index (χ2v) is 5.87. The first kappa shape index (κ1) is 15.5. The Morgan fingerprint density at radius 1 is 1.52 bits per heavy atom. The van der Waals surface area contributed by atoms with E-state index in [1.807, 2.05) is 0 Å². The normalized spacial score (nSPS) is 25.4. The molecule has 0 spiro atoms. The number of nitrogens with one attached hydrogen (secondary N) is 2. The summed E-state index contributed by atoms with van der Waals surface area (Å²) in [7, 11) is 1.67. The fraction of sp³-hybridized carbons (Fsp3) is 0.643. The molecular weight excluding hydrogens is 272 g/mol. The number of anilines is 2. The number of aliphatic hydroxyl groups excluding tert-OH is 1. The van der Waals surface area contributed by atoms with Gasteiger partial charge in [0.2, 0.25) is 0 Å². The first-order chi connectivity index (χ1) is 9.98. The molecule has 21 heavy (non-hydrogen) atoms. The van der Waals surface area contributed by atoms with E-state index in [1.54, 1.807) is 7.05 Å². The van der Waals surface area contributed by atoms with Gasteiger partial charge in [-0.2, -0.15) is 0 Å². The van der Waals surface area contributed by atoms with Gasteiger partial charge in [-0.1, -0.05) is 19.8 Å². The molecule has 0 aliphatic heterocycles. The average molecular weight is 294 g/mol. The second kappa shape index (κ2) is 6.26. The molecule has 1 aliphatic rings. The lowest BCUT2D eigenvalue weighted by molar-refractivity contribution is -0.384. The summed E-state index contributed by atoms with van der Waals surface area (Å²) in [6.45, 7) is 2.15. The lowest BCUT2D eigenvalue weighted by Crippen LogP contribution is -2.46. The predicted molar refractivity (Wildman–Crippen MR) is 81.5 cm³/mol. The van der Waals surface area contributed by atoms with E-state index < -0.39 is 10.5 Å². The van der Waals surface area contributed by atoms with Crippen molar-refractivity contribution in [3.8, 4) is 0 Å². The standard InChI is InChI=1S/C14H22N4O3/c1-10-4-3-5-14(8-10,9-19)17-13-7-11(18(20)21)6-12(15-2)16-13/h6-7,10,19H,3-5,8-9H2,1-2H3,(H2,15,16,17). The van der Waals surface area contributed by atoms with E-state index in [1.165, 1.54) is 12.1 Å². The quantitative estimate of drug-likeness (QED) is 0.569. The fourth-order valence-electron chi connectivity index (χ4n) is 3.04. The van der Waals surface area contributed by atoms with E-state index >= 15 is 0 Å². The molecular formula is C14H22N4O3. The molecule has 1 fully saturated rings. The zero-order valence-corrected chi connectivity index (χ0v) is 12.4. The molecule has 2 rings (SSSR count). The van der Waals surface area contributed by atoms with Crippen molar-refractivity contribution in [2.24, 2.45) is 5.92 Å². The highest BCUT2D eigenvalue weighted by Crippen LogP contribution is 2.35. The summed E-state index contributed by atoms with van der Waals surface area (Å²) in [4.78, 5) is 14.9. The fourth-order valence-corrected chi connectivity index (χ4v) is 3.04. The van der Waals surface area contributed by atoms with Gasteiger partial charge in [-0.3, -0.25) is 10.1 Å². The van der Waals surface area contributed by atoms with Crippen molar-refractivity contribution in [2.45, 2.75) is 38.1 Å². The molecule has 2 unspecified atom stereocenters. The van der Waals surface area contributed by atoms with Crippen molar-refractivity contribution >= 4 is 17.3 Å². The SMILES string of the molecule is CNc1cc([N+](=O)[O-])cc(NC2(CO)CCCC(C)C2)n1. The third-order valence-corrected chi connectivity index (χ3v) is 4.06. The van der Waals surface area contributed by atoms with E-state index in [0.29, 0.717) is 17.6 Å². The van der Waals surface area contributed by atoms with Crippen molar-refractivity contribution in [1.29, 1.82) is 0 Å². The van der Waals surface area contributed by atoms with Crippen molar-refractivity contribution in [3.63, 3.8) is 0 Å². The van der Waals surface area contributed by atoms with Crippen LogP contribution in [-0.4, -0.2) is 34.2 Å². The molecule has 1 heterocycles. The largest absolute Gasteiger partial charge is 0.394 e. The number of pyridine rings is 1. The van der Waals surface area contributed by atoms with Gasteiger partial charge in [0.15, 0.2) is 0 Å². The minimum Gasteiger partial charge on any atom is -0.394 e. The van der Waals surface area contributed by atoms with Crippen molar-refractivity contribution in [1.82, 2.24) is 4.98 Å². The Bertz CT molecular complexity index is 523. The summed E-state index contributed by atoms with van der Waals surface area (Å²) < 4.78 is 0. The lowest BCUT2D eigenvalue weighted by Gasteiger charge is -2.39. The van der Waals surface area contributed by atoms with E-state index in [-0.39, 0.29) is 12.3 Å². The van der Waals surface area contributed by atoms with Crippen LogP contribution in [0.3, 0.4) is 0 Å². The molecule has 2 atom stereocenters. The van der Waals surface area contributed by atoms with E-state index in [4.69, 9.17) is 0 Å². The summed E-state index contributed by atoms with van der Waals surface area (Å²) in [5.41, 5.74) is -0.459. The maximum atomic E-state index is 11.0. The maximum absolute atomic E-state index is 11.0. The average Bonchev–Trinajstić information content (AvgIpc) is 2.46. The number of hydrogen-bond acceptors (Lipinski definition) is 6. The molecule has 1 aliphatic carbocycles. The van der Waals surface area contributed by atoms with Crippen LogP contribution in [0.15, 0.2) is 12.1 Å². The third kappa shape index (κ3) is 3.60. The zero-order chi connectivity index (χ0) is 15.5. The van der Waals surface area contributed by atoms with Crippen LogP contribution < -0.4 is 10.6 Å². The summed E-state index contributed by atoms with van der Waals surface area (Å²) in [5.74, 6) is 1.38. The third-order valence-electron chi connectivity index (χ3n) is 4.06. The van der Waals surface area contributed by atoms with E-state index in [9.17, 15) is 15.2 Å². The van der Waals surface area contributed by atoms with E-state index in [2.05, 4.69) is 22.5 Å². The van der Waals surface area contributed by atoms with Crippen molar-refractivity contribution in [2.75, 3.05) is 24.3 Å². The first-order valence-corrected chi connectivity index (χ1v) is 7.21. The highest BCUT2D eigenvalue weighted by atomic mass is 16.6. The predicted octanol–water partition coefficient (Wildman–Crippen LogP) is 2.38. The molecule has 0 bridgehead atoms. The van der Waals surface area contributed by atoms with Gasteiger partial charge in [0.25, 0.3) is 5.69 Å². The van der Waals surface area contributed by atoms with Crippen LogP contribution >= 0.6 is 0 Å². The van der Waals surface area contributed by atoms with Gasteiger partial charge >= 0.3 is 0 Å². The van der Waals surface area contributed by atoms with Gasteiger partial charge in [0.1, 0.15) is 11.6 Å². The van der Waals surface area contributed by atoms with Crippen LogP contribution in [0.4, 0.5) is 17.3 Å². The van der Waals surface area contributed by atoms with Crippen molar-refractivity contribution in [3.05, 3.63) is 22.2 Å². The monoisotopic (exact) mass is 294 g/mol. The topological polar surface area (TPSA) is 100 Å². The summed E-state index contributed by atoms with van der Waals surface area (Å²) in [5, 5.41) is 26.8. The molecule has 0 saturated heterocycles. The van der Waals surface area contributed by atoms with Crippen molar-refractivity contribution < 1.29 is 10.0 Å². The molecule has 1 aromatic rings. The van der Waals surface area contributed by atoms with Gasteiger partial charge in [-0.05, 0) is 18.8 Å². The lowest BCUT2D eigenvalue weighted by atomic mass is 9.77. The number of nitro groups is 1. The Hall–Kier alpha value is -1.89. The molecule has 0 aromatic carbocycles. The zero-order valence-electron chi connectivity index (χ0n) is 12.4. The minimum atomic E-state index is -0.442. The van der Waals surface area contributed by atoms with Crippen LogP contribution in [0.1, 0.15) is 32.6 Å². The first-order valence-electron chi connectivity index (χ1n) is 7.21. The highest BCUT2D eigenvalue weighted by molar-refractivity contribution is 5.55. The molecule has 1 saturated carbocycles.